The first-order valence-corrected chi connectivity index (χ1v) is 6.69. The van der Waals surface area contributed by atoms with Crippen molar-refractivity contribution in [1.29, 1.82) is 0 Å². The van der Waals surface area contributed by atoms with Crippen molar-refractivity contribution < 1.29 is 28.9 Å². The van der Waals surface area contributed by atoms with E-state index < -0.39 is 34.5 Å². The lowest BCUT2D eigenvalue weighted by molar-refractivity contribution is -0.173. The average Bonchev–Trinajstić information content (AvgIpc) is 2.51. The zero-order chi connectivity index (χ0) is 16.1. The summed E-state index contributed by atoms with van der Waals surface area (Å²) in [5, 5.41) is 19.7. The van der Waals surface area contributed by atoms with Crippen LogP contribution in [0, 0.1) is 5.41 Å². The average molecular weight is 298 g/mol. The lowest BCUT2D eigenvalue weighted by Gasteiger charge is -2.48. The summed E-state index contributed by atoms with van der Waals surface area (Å²) in [6.07, 6.45) is 1.72. The molecule has 0 unspecified atom stereocenters. The van der Waals surface area contributed by atoms with E-state index in [-0.39, 0.29) is 13.0 Å². The fraction of sp³-hybridized carbons (Fsp3) is 0.600. The van der Waals surface area contributed by atoms with Gasteiger partial charge in [0.15, 0.2) is 12.0 Å². The predicted molar refractivity (Wildman–Crippen MR) is 72.5 cm³/mol. The van der Waals surface area contributed by atoms with E-state index in [0.29, 0.717) is 5.57 Å². The van der Waals surface area contributed by atoms with Crippen molar-refractivity contribution in [2.75, 3.05) is 6.61 Å². The fourth-order valence-corrected chi connectivity index (χ4v) is 3.22. The van der Waals surface area contributed by atoms with Crippen molar-refractivity contribution in [3.8, 4) is 0 Å². The largest absolute Gasteiger partial charge is 0.478 e. The fourth-order valence-electron chi connectivity index (χ4n) is 3.22. The molecule has 4 atom stereocenters. The van der Waals surface area contributed by atoms with Crippen LogP contribution in [0.1, 0.15) is 27.2 Å². The van der Waals surface area contributed by atoms with Gasteiger partial charge in [-0.25, -0.2) is 9.18 Å². The van der Waals surface area contributed by atoms with E-state index >= 15 is 0 Å². The summed E-state index contributed by atoms with van der Waals surface area (Å²) in [7, 11) is 0. The molecule has 1 saturated heterocycles. The van der Waals surface area contributed by atoms with E-state index in [2.05, 4.69) is 0 Å². The van der Waals surface area contributed by atoms with E-state index in [1.807, 2.05) is 0 Å². The van der Waals surface area contributed by atoms with Crippen molar-refractivity contribution >= 4 is 11.8 Å². The lowest BCUT2D eigenvalue weighted by atomic mass is 9.59. The summed E-state index contributed by atoms with van der Waals surface area (Å²) in [5.74, 6) is -1.68. The third kappa shape index (κ3) is 2.13. The monoisotopic (exact) mass is 298 g/mol. The Hall–Kier alpha value is -1.53. The number of aliphatic carboxylic acids is 1. The molecule has 0 amide bonds. The van der Waals surface area contributed by atoms with Gasteiger partial charge in [-0.3, -0.25) is 4.79 Å². The van der Waals surface area contributed by atoms with E-state index in [1.54, 1.807) is 13.8 Å². The molecule has 1 aliphatic carbocycles. The number of hydrogen-bond donors (Lipinski definition) is 2. The molecular weight excluding hydrogens is 279 g/mol. The minimum Gasteiger partial charge on any atom is -0.478 e. The molecule has 2 aliphatic rings. The van der Waals surface area contributed by atoms with Gasteiger partial charge in [-0.1, -0.05) is 13.0 Å². The lowest BCUT2D eigenvalue weighted by Crippen LogP contribution is -2.65. The van der Waals surface area contributed by atoms with Crippen LogP contribution in [-0.2, 0) is 14.3 Å². The van der Waals surface area contributed by atoms with Crippen molar-refractivity contribution in [1.82, 2.24) is 0 Å². The van der Waals surface area contributed by atoms with Crippen molar-refractivity contribution in [2.24, 2.45) is 5.41 Å². The summed E-state index contributed by atoms with van der Waals surface area (Å²) in [5.41, 5.74) is -3.87. The van der Waals surface area contributed by atoms with Crippen LogP contribution in [0.25, 0.3) is 0 Å². The van der Waals surface area contributed by atoms with Crippen LogP contribution in [0.2, 0.25) is 0 Å². The number of aliphatic hydroxyl groups is 1. The Kier molecular flexibility index (Phi) is 3.58. The normalized spacial score (nSPS) is 43.6. The number of fused-ring (bicyclic) bond motifs is 2. The van der Waals surface area contributed by atoms with Crippen LogP contribution in [0.5, 0.6) is 0 Å². The molecule has 6 heteroatoms. The van der Waals surface area contributed by atoms with E-state index in [9.17, 15) is 19.1 Å². The second-order valence-corrected chi connectivity index (χ2v) is 6.29. The molecule has 2 bridgehead atoms. The zero-order valence-corrected chi connectivity index (χ0v) is 12.2. The quantitative estimate of drug-likeness (QED) is 0.608. The summed E-state index contributed by atoms with van der Waals surface area (Å²) in [6, 6.07) is 0. The molecule has 1 heterocycles. The number of rotatable bonds is 3. The highest BCUT2D eigenvalue weighted by Gasteiger charge is 2.71. The maximum atomic E-state index is 14.3. The number of allylic oxidation sites excluding steroid dienone is 2. The van der Waals surface area contributed by atoms with Crippen molar-refractivity contribution in [3.05, 3.63) is 23.8 Å². The number of carbonyl (C=O) groups excluding carboxylic acids is 1. The Bertz CT molecular complexity index is 554. The SMILES string of the molecule is CC(=C/C(=O)O)/C=C/[C@]1(O)[C@@]2(C)CO[C@]1(C)[C@H](F)C(=O)C2. The minimum atomic E-state index is -1.91. The Morgan fingerprint density at radius 1 is 1.48 bits per heavy atom. The van der Waals surface area contributed by atoms with Crippen LogP contribution in [0.4, 0.5) is 4.39 Å². The third-order valence-corrected chi connectivity index (χ3v) is 4.64. The molecule has 0 aromatic carbocycles. The van der Waals surface area contributed by atoms with Gasteiger partial charge in [0.1, 0.15) is 11.2 Å². The predicted octanol–water partition coefficient (Wildman–Crippen LogP) is 1.41. The van der Waals surface area contributed by atoms with Gasteiger partial charge >= 0.3 is 5.97 Å². The highest BCUT2D eigenvalue weighted by molar-refractivity contribution is 5.87. The molecule has 2 N–H and O–H groups in total. The molecule has 1 aliphatic heterocycles. The van der Waals surface area contributed by atoms with Gasteiger partial charge < -0.3 is 14.9 Å². The molecule has 2 rings (SSSR count). The maximum Gasteiger partial charge on any atom is 0.328 e. The second kappa shape index (κ2) is 4.74. The van der Waals surface area contributed by atoms with Gasteiger partial charge in [0.05, 0.1) is 6.61 Å². The van der Waals surface area contributed by atoms with Gasteiger partial charge in [0.2, 0.25) is 0 Å². The Morgan fingerprint density at radius 3 is 2.67 bits per heavy atom. The van der Waals surface area contributed by atoms with Gasteiger partial charge in [-0.2, -0.15) is 0 Å². The first-order chi connectivity index (χ1) is 9.56. The van der Waals surface area contributed by atoms with Crippen LogP contribution in [-0.4, -0.2) is 45.9 Å². The summed E-state index contributed by atoms with van der Waals surface area (Å²) in [4.78, 5) is 22.4. The molecule has 0 spiro atoms. The number of hydrogen-bond acceptors (Lipinski definition) is 4. The number of carboxylic acid groups (broad SMARTS) is 1. The molecule has 0 aromatic rings. The van der Waals surface area contributed by atoms with Crippen LogP contribution >= 0.6 is 0 Å². The van der Waals surface area contributed by atoms with Crippen LogP contribution < -0.4 is 0 Å². The summed E-state index contributed by atoms with van der Waals surface area (Å²) >= 11 is 0. The standard InChI is InChI=1S/C15H19FO5/c1-9(6-11(18)19)4-5-15(20)13(2)7-10(17)12(16)14(15,3)21-8-13/h4-6,12,20H,7-8H2,1-3H3,(H,18,19)/b5-4+,9-6-/t12-,13-,14-,15+/m1/s1. The second-order valence-electron chi connectivity index (χ2n) is 6.29. The van der Waals surface area contributed by atoms with Gasteiger partial charge in [-0.15, -0.1) is 0 Å². The van der Waals surface area contributed by atoms with E-state index in [0.717, 1.165) is 6.08 Å². The molecule has 116 valence electrons. The molecule has 5 nitrogen and oxygen atoms in total. The smallest absolute Gasteiger partial charge is 0.328 e. The Labute approximate surface area is 122 Å². The molecule has 0 radical (unpaired) electrons. The van der Waals surface area contributed by atoms with Gasteiger partial charge in [-0.05, 0) is 25.5 Å². The molecule has 2 fully saturated rings. The highest BCUT2D eigenvalue weighted by Crippen LogP contribution is 2.57. The van der Waals surface area contributed by atoms with Crippen LogP contribution in [0.3, 0.4) is 0 Å². The topological polar surface area (TPSA) is 83.8 Å². The number of ether oxygens (including phenoxy) is 1. The van der Waals surface area contributed by atoms with Gasteiger partial charge in [0.25, 0.3) is 0 Å². The number of halogens is 1. The maximum absolute atomic E-state index is 14.3. The van der Waals surface area contributed by atoms with Crippen molar-refractivity contribution in [3.63, 3.8) is 0 Å². The number of ketones is 1. The number of carboxylic acids is 1. The highest BCUT2D eigenvalue weighted by atomic mass is 19.1. The van der Waals surface area contributed by atoms with E-state index in [4.69, 9.17) is 9.84 Å². The third-order valence-electron chi connectivity index (χ3n) is 4.64. The number of carbonyl (C=O) groups is 2. The van der Waals surface area contributed by atoms with Gasteiger partial charge in [0, 0.05) is 17.9 Å². The molecular formula is C15H19FO5. The number of alkyl halides is 1. The first-order valence-electron chi connectivity index (χ1n) is 6.69. The zero-order valence-electron chi connectivity index (χ0n) is 12.2. The first kappa shape index (κ1) is 15.9. The van der Waals surface area contributed by atoms with Crippen molar-refractivity contribution in [2.45, 2.75) is 44.6 Å². The van der Waals surface area contributed by atoms with E-state index in [1.165, 1.54) is 19.1 Å². The summed E-state index contributed by atoms with van der Waals surface area (Å²) in [6.45, 7) is 4.67. The summed E-state index contributed by atoms with van der Waals surface area (Å²) < 4.78 is 19.7. The minimum absolute atomic E-state index is 0.0677. The Morgan fingerprint density at radius 2 is 2.10 bits per heavy atom. The van der Waals surface area contributed by atoms with Crippen LogP contribution in [0.15, 0.2) is 23.8 Å². The number of Topliss-reactive ketones (excluding diaryl/α,β-unsaturated/α-hetero) is 1. The molecule has 0 aromatic heterocycles. The molecule has 21 heavy (non-hydrogen) atoms. The Balaban J connectivity index is 2.43. The molecule has 1 saturated carbocycles.